The van der Waals surface area contributed by atoms with Gasteiger partial charge >= 0.3 is 11.9 Å². The van der Waals surface area contributed by atoms with Crippen molar-refractivity contribution in [2.75, 3.05) is 13.2 Å². The van der Waals surface area contributed by atoms with Gasteiger partial charge in [-0.3, -0.25) is 0 Å². The van der Waals surface area contributed by atoms with E-state index in [4.69, 9.17) is 14.2 Å². The van der Waals surface area contributed by atoms with Gasteiger partial charge in [-0.15, -0.1) is 0 Å². The molecule has 0 saturated heterocycles. The van der Waals surface area contributed by atoms with Crippen LogP contribution in [0, 0.1) is 6.92 Å². The average molecular weight is 444 g/mol. The van der Waals surface area contributed by atoms with Crippen LogP contribution in [0.15, 0.2) is 57.6 Å². The number of carbonyl (C=O) groups excluding carboxylic acids is 2. The normalized spacial score (nSPS) is 14.6. The van der Waals surface area contributed by atoms with Gasteiger partial charge in [-0.25, -0.2) is 14.6 Å². The molecule has 0 aromatic heterocycles. The summed E-state index contributed by atoms with van der Waals surface area (Å²) in [6, 6.07) is 12.6. The molecule has 144 valence electrons. The van der Waals surface area contributed by atoms with Crippen molar-refractivity contribution in [3.05, 3.63) is 69.3 Å². The summed E-state index contributed by atoms with van der Waals surface area (Å²) < 4.78 is 16.5. The van der Waals surface area contributed by atoms with Gasteiger partial charge in [0, 0.05) is 10.0 Å². The summed E-state index contributed by atoms with van der Waals surface area (Å²) in [7, 11) is 0. The summed E-state index contributed by atoms with van der Waals surface area (Å²) in [5.74, 6) is -0.207. The van der Waals surface area contributed by atoms with E-state index in [9.17, 15) is 9.59 Å². The first kappa shape index (κ1) is 19.8. The second kappa shape index (κ2) is 8.84. The molecule has 2 aromatic carbocycles. The molecule has 0 unspecified atom stereocenters. The van der Waals surface area contributed by atoms with Crippen LogP contribution in [0.2, 0.25) is 0 Å². The largest absolute Gasteiger partial charge is 0.482 e. The maximum Gasteiger partial charge on any atom is 0.363 e. The Bertz CT molecular complexity index is 981. The average Bonchev–Trinajstić information content (AvgIpc) is 3.03. The van der Waals surface area contributed by atoms with Crippen LogP contribution in [-0.2, 0) is 19.1 Å². The van der Waals surface area contributed by atoms with E-state index in [0.29, 0.717) is 17.9 Å². The molecule has 0 amide bonds. The fourth-order valence-electron chi connectivity index (χ4n) is 2.51. The highest BCUT2D eigenvalue weighted by atomic mass is 79.9. The van der Waals surface area contributed by atoms with Crippen molar-refractivity contribution in [1.82, 2.24) is 0 Å². The Morgan fingerprint density at radius 1 is 1.25 bits per heavy atom. The molecule has 6 nitrogen and oxygen atoms in total. The van der Waals surface area contributed by atoms with Gasteiger partial charge in [0.1, 0.15) is 5.75 Å². The summed E-state index contributed by atoms with van der Waals surface area (Å²) in [4.78, 5) is 27.9. The Balaban J connectivity index is 1.78. The molecular weight excluding hydrogens is 426 g/mol. The summed E-state index contributed by atoms with van der Waals surface area (Å²) in [5, 5.41) is 0. The highest BCUT2D eigenvalue weighted by Gasteiger charge is 2.24. The zero-order chi connectivity index (χ0) is 20.1. The van der Waals surface area contributed by atoms with Crippen LogP contribution in [0.3, 0.4) is 0 Å². The number of aryl methyl sites for hydroxylation is 1. The molecule has 0 atom stereocenters. The Hall–Kier alpha value is -2.93. The topological polar surface area (TPSA) is 74.2 Å². The van der Waals surface area contributed by atoms with Crippen LogP contribution in [0.4, 0.5) is 0 Å². The fraction of sp³-hybridized carbons (Fsp3) is 0.190. The number of rotatable bonds is 6. The van der Waals surface area contributed by atoms with Gasteiger partial charge in [-0.1, -0.05) is 28.1 Å². The molecule has 1 aliphatic heterocycles. The van der Waals surface area contributed by atoms with Crippen LogP contribution in [0.1, 0.15) is 23.6 Å². The van der Waals surface area contributed by atoms with E-state index in [-0.39, 0.29) is 18.2 Å². The van der Waals surface area contributed by atoms with Crippen molar-refractivity contribution in [1.29, 1.82) is 0 Å². The molecule has 0 radical (unpaired) electrons. The Morgan fingerprint density at radius 2 is 2.07 bits per heavy atom. The molecule has 1 heterocycles. The molecule has 2 aromatic rings. The quantitative estimate of drug-likeness (QED) is 0.497. The van der Waals surface area contributed by atoms with Crippen molar-refractivity contribution in [2.24, 2.45) is 4.99 Å². The first-order valence-corrected chi connectivity index (χ1v) is 9.43. The molecule has 0 bridgehead atoms. The van der Waals surface area contributed by atoms with E-state index in [2.05, 4.69) is 20.9 Å². The van der Waals surface area contributed by atoms with Gasteiger partial charge < -0.3 is 14.2 Å². The summed E-state index contributed by atoms with van der Waals surface area (Å²) >= 11 is 3.44. The molecule has 0 N–H and O–H groups in total. The minimum absolute atomic E-state index is 0.179. The lowest BCUT2D eigenvalue weighted by Gasteiger charge is -2.06. The molecule has 0 saturated carbocycles. The third-order valence-electron chi connectivity index (χ3n) is 3.85. The zero-order valence-corrected chi connectivity index (χ0v) is 17.0. The first-order valence-electron chi connectivity index (χ1n) is 8.64. The van der Waals surface area contributed by atoms with E-state index < -0.39 is 11.9 Å². The minimum atomic E-state index is -0.520. The maximum absolute atomic E-state index is 12.2. The summed E-state index contributed by atoms with van der Waals surface area (Å²) in [5.41, 5.74) is 2.63. The summed E-state index contributed by atoms with van der Waals surface area (Å²) in [6.45, 7) is 3.80. The van der Waals surface area contributed by atoms with E-state index in [1.807, 2.05) is 25.1 Å². The molecular formula is C21H18BrNO5. The van der Waals surface area contributed by atoms with Crippen molar-refractivity contribution >= 4 is 39.8 Å². The van der Waals surface area contributed by atoms with Crippen molar-refractivity contribution in [3.8, 4) is 5.75 Å². The first-order chi connectivity index (χ1) is 13.5. The Kier molecular flexibility index (Phi) is 6.26. The molecule has 0 fully saturated rings. The number of hydrogen-bond acceptors (Lipinski definition) is 6. The lowest BCUT2D eigenvalue weighted by Crippen LogP contribution is -2.14. The smallest absolute Gasteiger partial charge is 0.363 e. The number of carbonyl (C=O) groups is 2. The van der Waals surface area contributed by atoms with E-state index >= 15 is 0 Å². The van der Waals surface area contributed by atoms with Crippen LogP contribution in [0.5, 0.6) is 5.75 Å². The predicted molar refractivity (Wildman–Crippen MR) is 108 cm³/mol. The number of hydrogen-bond donors (Lipinski definition) is 0. The fourth-order valence-corrected chi connectivity index (χ4v) is 2.75. The number of cyclic esters (lactones) is 1. The standard InChI is InChI=1S/C21H18BrNO5/c1-3-26-19(24)12-27-16-6-4-5-14(10-16)11-18-21(25)28-20(23-18)15-7-8-17(22)13(2)9-15/h4-11H,3,12H2,1-2H3/b18-11+. The molecule has 7 heteroatoms. The third-order valence-corrected chi connectivity index (χ3v) is 4.74. The lowest BCUT2D eigenvalue weighted by molar-refractivity contribution is -0.145. The minimum Gasteiger partial charge on any atom is -0.482 e. The Morgan fingerprint density at radius 3 is 2.82 bits per heavy atom. The summed E-state index contributed by atoms with van der Waals surface area (Å²) in [6.07, 6.45) is 1.61. The van der Waals surface area contributed by atoms with Gasteiger partial charge in [0.05, 0.1) is 6.61 Å². The monoisotopic (exact) mass is 443 g/mol. The second-order valence-electron chi connectivity index (χ2n) is 5.97. The van der Waals surface area contributed by atoms with Crippen LogP contribution < -0.4 is 4.74 Å². The second-order valence-corrected chi connectivity index (χ2v) is 6.82. The number of aliphatic imine (C=N–C) groups is 1. The van der Waals surface area contributed by atoms with Crippen LogP contribution in [-0.4, -0.2) is 31.1 Å². The number of benzene rings is 2. The lowest BCUT2D eigenvalue weighted by atomic mass is 10.1. The Labute approximate surface area is 171 Å². The molecule has 0 aliphatic carbocycles. The maximum atomic E-state index is 12.2. The molecule has 3 rings (SSSR count). The number of halogens is 1. The number of esters is 2. The van der Waals surface area contributed by atoms with Crippen molar-refractivity contribution < 1.29 is 23.8 Å². The SMILES string of the molecule is CCOC(=O)COc1cccc(/C=C2/N=C(c3ccc(Br)c(C)c3)OC2=O)c1. The highest BCUT2D eigenvalue weighted by Crippen LogP contribution is 2.23. The number of nitrogens with zero attached hydrogens (tertiary/aromatic N) is 1. The van der Waals surface area contributed by atoms with E-state index in [1.165, 1.54) is 0 Å². The van der Waals surface area contributed by atoms with E-state index in [0.717, 1.165) is 15.6 Å². The van der Waals surface area contributed by atoms with Gasteiger partial charge in [0.15, 0.2) is 12.3 Å². The van der Waals surface area contributed by atoms with Crippen molar-refractivity contribution in [3.63, 3.8) is 0 Å². The molecule has 28 heavy (non-hydrogen) atoms. The van der Waals surface area contributed by atoms with E-state index in [1.54, 1.807) is 37.3 Å². The van der Waals surface area contributed by atoms with Gasteiger partial charge in [-0.05, 0) is 61.4 Å². The highest BCUT2D eigenvalue weighted by molar-refractivity contribution is 9.10. The zero-order valence-electron chi connectivity index (χ0n) is 15.4. The van der Waals surface area contributed by atoms with Crippen LogP contribution >= 0.6 is 15.9 Å². The predicted octanol–water partition coefficient (Wildman–Crippen LogP) is 4.04. The molecule has 0 spiro atoms. The van der Waals surface area contributed by atoms with Crippen molar-refractivity contribution in [2.45, 2.75) is 13.8 Å². The van der Waals surface area contributed by atoms with Gasteiger partial charge in [0.25, 0.3) is 0 Å². The van der Waals surface area contributed by atoms with Crippen LogP contribution in [0.25, 0.3) is 6.08 Å². The third kappa shape index (κ3) is 4.86. The van der Waals surface area contributed by atoms with Gasteiger partial charge in [0.2, 0.25) is 5.90 Å². The molecule has 1 aliphatic rings. The number of ether oxygens (including phenoxy) is 3. The van der Waals surface area contributed by atoms with Gasteiger partial charge in [-0.2, -0.15) is 0 Å².